The fourth-order valence-corrected chi connectivity index (χ4v) is 1.79. The molecule has 0 radical (unpaired) electrons. The maximum atomic E-state index is 8.87. The van der Waals surface area contributed by atoms with Gasteiger partial charge in [0, 0.05) is 18.1 Å². The highest BCUT2D eigenvalue weighted by Crippen LogP contribution is 2.35. The van der Waals surface area contributed by atoms with Gasteiger partial charge in [-0.2, -0.15) is 0 Å². The van der Waals surface area contributed by atoms with Crippen molar-refractivity contribution in [3.63, 3.8) is 0 Å². The minimum Gasteiger partial charge on any atom is -0.493 e. The molecule has 0 spiro atoms. The van der Waals surface area contributed by atoms with Gasteiger partial charge in [-0.3, -0.25) is 0 Å². The van der Waals surface area contributed by atoms with E-state index in [1.54, 1.807) is 0 Å². The summed E-state index contributed by atoms with van der Waals surface area (Å²) in [6, 6.07) is 6.23. The molecule has 13 heavy (non-hydrogen) atoms. The van der Waals surface area contributed by atoms with Crippen LogP contribution in [0.4, 0.5) is 0 Å². The fourth-order valence-electron chi connectivity index (χ4n) is 1.79. The monoisotopic (exact) mass is 178 g/mol. The van der Waals surface area contributed by atoms with E-state index >= 15 is 0 Å². The molecule has 2 nitrogen and oxygen atoms in total. The van der Waals surface area contributed by atoms with Gasteiger partial charge in [0.25, 0.3) is 0 Å². The number of hydrogen-bond acceptors (Lipinski definition) is 2. The van der Waals surface area contributed by atoms with E-state index < -0.39 is 0 Å². The predicted octanol–water partition coefficient (Wildman–Crippen LogP) is 1.85. The molecule has 0 amide bonds. The topological polar surface area (TPSA) is 29.5 Å². The first-order valence-electron chi connectivity index (χ1n) is 4.65. The van der Waals surface area contributed by atoms with Gasteiger partial charge in [-0.25, -0.2) is 0 Å². The molecule has 1 aliphatic heterocycles. The largest absolute Gasteiger partial charge is 0.493 e. The molecule has 0 fully saturated rings. The van der Waals surface area contributed by atoms with Crippen molar-refractivity contribution in [1.82, 2.24) is 0 Å². The molecule has 1 aliphatic rings. The summed E-state index contributed by atoms with van der Waals surface area (Å²) in [4.78, 5) is 0. The lowest BCUT2D eigenvalue weighted by Gasteiger charge is -2.05. The molecular formula is C11H14O2. The Kier molecular flexibility index (Phi) is 2.23. The van der Waals surface area contributed by atoms with Crippen LogP contribution in [0, 0.1) is 6.92 Å². The van der Waals surface area contributed by atoms with Crippen LogP contribution in [0.1, 0.15) is 23.5 Å². The third-order valence-corrected chi connectivity index (χ3v) is 2.52. The van der Waals surface area contributed by atoms with E-state index in [2.05, 4.69) is 19.1 Å². The minimum absolute atomic E-state index is 0.238. The van der Waals surface area contributed by atoms with Crippen molar-refractivity contribution >= 4 is 0 Å². The minimum atomic E-state index is 0.238. The zero-order valence-electron chi connectivity index (χ0n) is 7.79. The van der Waals surface area contributed by atoms with Crippen LogP contribution < -0.4 is 4.74 Å². The van der Waals surface area contributed by atoms with Gasteiger partial charge >= 0.3 is 0 Å². The van der Waals surface area contributed by atoms with Crippen LogP contribution >= 0.6 is 0 Å². The van der Waals surface area contributed by atoms with Gasteiger partial charge in [-0.1, -0.05) is 17.7 Å². The van der Waals surface area contributed by atoms with Crippen molar-refractivity contribution in [2.75, 3.05) is 13.2 Å². The number of ether oxygens (including phenoxy) is 1. The molecule has 0 aromatic heterocycles. The zero-order chi connectivity index (χ0) is 9.26. The molecule has 1 N–H and O–H groups in total. The van der Waals surface area contributed by atoms with Crippen LogP contribution in [0.5, 0.6) is 5.75 Å². The highest BCUT2D eigenvalue weighted by atomic mass is 16.5. The third-order valence-electron chi connectivity index (χ3n) is 2.52. The highest BCUT2D eigenvalue weighted by Gasteiger charge is 2.23. The van der Waals surface area contributed by atoms with Gasteiger partial charge in [0.05, 0.1) is 6.61 Å². The van der Waals surface area contributed by atoms with Gasteiger partial charge in [0.15, 0.2) is 0 Å². The van der Waals surface area contributed by atoms with Crippen LogP contribution in [0.2, 0.25) is 0 Å². The Morgan fingerprint density at radius 1 is 1.54 bits per heavy atom. The van der Waals surface area contributed by atoms with Gasteiger partial charge in [-0.15, -0.1) is 0 Å². The number of aliphatic hydroxyl groups excluding tert-OH is 1. The van der Waals surface area contributed by atoms with Crippen LogP contribution in [-0.4, -0.2) is 18.3 Å². The van der Waals surface area contributed by atoms with Crippen molar-refractivity contribution in [3.8, 4) is 5.75 Å². The number of aliphatic hydroxyl groups is 1. The Morgan fingerprint density at radius 2 is 2.38 bits per heavy atom. The molecule has 1 atom stereocenters. The second-order valence-electron chi connectivity index (χ2n) is 3.56. The SMILES string of the molecule is Cc1ccc2c(c1)C(CCO)CO2. The summed E-state index contributed by atoms with van der Waals surface area (Å²) in [5.74, 6) is 1.38. The van der Waals surface area contributed by atoms with Crippen molar-refractivity contribution < 1.29 is 9.84 Å². The molecule has 0 aliphatic carbocycles. The van der Waals surface area contributed by atoms with E-state index in [0.717, 1.165) is 18.8 Å². The number of rotatable bonds is 2. The Balaban J connectivity index is 2.29. The third kappa shape index (κ3) is 1.54. The van der Waals surface area contributed by atoms with Crippen LogP contribution in [-0.2, 0) is 0 Å². The summed E-state index contributed by atoms with van der Waals surface area (Å²) in [5, 5.41) is 8.87. The second-order valence-corrected chi connectivity index (χ2v) is 3.56. The molecule has 1 unspecified atom stereocenters. The second kappa shape index (κ2) is 3.38. The van der Waals surface area contributed by atoms with Gasteiger partial charge < -0.3 is 9.84 Å². The molecule has 2 rings (SSSR count). The lowest BCUT2D eigenvalue weighted by molar-refractivity contribution is 0.254. The standard InChI is InChI=1S/C11H14O2/c1-8-2-3-11-10(6-8)9(4-5-12)7-13-11/h2-3,6,9,12H,4-5,7H2,1H3. The van der Waals surface area contributed by atoms with Crippen molar-refractivity contribution in [2.24, 2.45) is 0 Å². The summed E-state index contributed by atoms with van der Waals surface area (Å²) in [6.45, 7) is 3.04. The smallest absolute Gasteiger partial charge is 0.122 e. The van der Waals surface area contributed by atoms with Crippen molar-refractivity contribution in [3.05, 3.63) is 29.3 Å². The highest BCUT2D eigenvalue weighted by molar-refractivity contribution is 5.42. The van der Waals surface area contributed by atoms with E-state index in [1.165, 1.54) is 11.1 Å². The molecule has 0 saturated heterocycles. The predicted molar refractivity (Wildman–Crippen MR) is 51.1 cm³/mol. The molecule has 1 heterocycles. The number of benzene rings is 1. The Labute approximate surface area is 78.2 Å². The Hall–Kier alpha value is -1.02. The molecule has 2 heteroatoms. The average Bonchev–Trinajstić information content (AvgIpc) is 2.49. The van der Waals surface area contributed by atoms with Crippen LogP contribution in [0.15, 0.2) is 18.2 Å². The summed E-state index contributed by atoms with van der Waals surface area (Å²) in [7, 11) is 0. The molecule has 70 valence electrons. The summed E-state index contributed by atoms with van der Waals surface area (Å²) in [6.07, 6.45) is 0.802. The van der Waals surface area contributed by atoms with E-state index in [-0.39, 0.29) is 6.61 Å². The first-order chi connectivity index (χ1) is 6.31. The van der Waals surface area contributed by atoms with E-state index in [1.807, 2.05) is 6.07 Å². The first-order valence-corrected chi connectivity index (χ1v) is 4.65. The normalized spacial score (nSPS) is 19.7. The van der Waals surface area contributed by atoms with Gasteiger partial charge in [-0.05, 0) is 19.4 Å². The number of fused-ring (bicyclic) bond motifs is 1. The maximum absolute atomic E-state index is 8.87. The first kappa shape index (κ1) is 8.57. The molecule has 0 saturated carbocycles. The maximum Gasteiger partial charge on any atom is 0.122 e. The summed E-state index contributed by atoms with van der Waals surface area (Å²) in [5.41, 5.74) is 2.52. The van der Waals surface area contributed by atoms with Crippen LogP contribution in [0.3, 0.4) is 0 Å². The lowest BCUT2D eigenvalue weighted by Crippen LogP contribution is -2.02. The Morgan fingerprint density at radius 3 is 3.15 bits per heavy atom. The fraction of sp³-hybridized carbons (Fsp3) is 0.455. The number of hydrogen-bond donors (Lipinski definition) is 1. The molecule has 0 bridgehead atoms. The van der Waals surface area contributed by atoms with Gasteiger partial charge in [0.2, 0.25) is 0 Å². The molecule has 1 aromatic carbocycles. The summed E-state index contributed by atoms with van der Waals surface area (Å²) < 4.78 is 5.51. The van der Waals surface area contributed by atoms with E-state index in [9.17, 15) is 0 Å². The van der Waals surface area contributed by atoms with Crippen molar-refractivity contribution in [2.45, 2.75) is 19.3 Å². The van der Waals surface area contributed by atoms with Crippen molar-refractivity contribution in [1.29, 1.82) is 0 Å². The molecule has 1 aromatic rings. The quantitative estimate of drug-likeness (QED) is 0.749. The average molecular weight is 178 g/mol. The lowest BCUT2D eigenvalue weighted by atomic mass is 9.97. The van der Waals surface area contributed by atoms with Gasteiger partial charge in [0.1, 0.15) is 5.75 Å². The van der Waals surface area contributed by atoms with E-state index in [4.69, 9.17) is 9.84 Å². The number of aryl methyl sites for hydroxylation is 1. The van der Waals surface area contributed by atoms with Crippen LogP contribution in [0.25, 0.3) is 0 Å². The molecular weight excluding hydrogens is 164 g/mol. The zero-order valence-corrected chi connectivity index (χ0v) is 7.79. The van der Waals surface area contributed by atoms with E-state index in [0.29, 0.717) is 5.92 Å². The summed E-state index contributed by atoms with van der Waals surface area (Å²) >= 11 is 0. The Bertz CT molecular complexity index is 305.